The van der Waals surface area contributed by atoms with Crippen molar-refractivity contribution in [3.05, 3.63) is 53.3 Å². The maximum absolute atomic E-state index is 4.79. The molecule has 2 nitrogen and oxygen atoms in total. The number of rotatable bonds is 2. The average molecular weight is 266 g/mol. The zero-order valence-electron chi connectivity index (χ0n) is 12.4. The minimum atomic E-state index is 1.00. The van der Waals surface area contributed by atoms with Gasteiger partial charge in [-0.15, -0.1) is 0 Å². The summed E-state index contributed by atoms with van der Waals surface area (Å²) >= 11 is 0. The van der Waals surface area contributed by atoms with Crippen molar-refractivity contribution in [1.82, 2.24) is 0 Å². The van der Waals surface area contributed by atoms with Crippen molar-refractivity contribution in [2.45, 2.75) is 33.1 Å². The Kier molecular flexibility index (Phi) is 3.72. The van der Waals surface area contributed by atoms with Gasteiger partial charge in [-0.1, -0.05) is 18.2 Å². The molecule has 1 saturated heterocycles. The molecule has 1 fully saturated rings. The second-order valence-corrected chi connectivity index (χ2v) is 5.71. The summed E-state index contributed by atoms with van der Waals surface area (Å²) in [5.74, 6) is 0. The number of benzene rings is 1. The minimum Gasteiger partial charge on any atom is -0.372 e. The lowest BCUT2D eigenvalue weighted by Gasteiger charge is -2.18. The van der Waals surface area contributed by atoms with Gasteiger partial charge in [0.1, 0.15) is 0 Å². The summed E-state index contributed by atoms with van der Waals surface area (Å²) in [6.45, 7) is 6.63. The number of nitrogens with zero attached hydrogens (tertiary/aromatic N) is 2. The first-order chi connectivity index (χ1) is 9.74. The van der Waals surface area contributed by atoms with Crippen molar-refractivity contribution in [2.75, 3.05) is 18.0 Å². The van der Waals surface area contributed by atoms with Crippen molar-refractivity contribution >= 4 is 11.4 Å². The molecule has 0 radical (unpaired) electrons. The molecule has 0 N–H and O–H groups in total. The molecule has 20 heavy (non-hydrogen) atoms. The number of aliphatic imine (C=N–C) groups is 1. The summed E-state index contributed by atoms with van der Waals surface area (Å²) in [4.78, 5) is 7.26. The molecule has 0 aliphatic carbocycles. The van der Waals surface area contributed by atoms with E-state index in [0.29, 0.717) is 0 Å². The third-order valence-corrected chi connectivity index (χ3v) is 4.22. The summed E-state index contributed by atoms with van der Waals surface area (Å²) in [5.41, 5.74) is 6.14. The third kappa shape index (κ3) is 2.69. The Labute approximate surface area is 121 Å². The van der Waals surface area contributed by atoms with Gasteiger partial charge in [0, 0.05) is 30.0 Å². The van der Waals surface area contributed by atoms with Gasteiger partial charge in [0.05, 0.1) is 5.71 Å². The average Bonchev–Trinajstić information content (AvgIpc) is 2.94. The van der Waals surface area contributed by atoms with Gasteiger partial charge in [-0.05, 0) is 56.9 Å². The van der Waals surface area contributed by atoms with Crippen LogP contribution in [0, 0.1) is 0 Å². The highest BCUT2D eigenvalue weighted by Gasteiger charge is 2.13. The van der Waals surface area contributed by atoms with Crippen molar-refractivity contribution in [2.24, 2.45) is 4.99 Å². The Morgan fingerprint density at radius 1 is 1.10 bits per heavy atom. The summed E-state index contributed by atoms with van der Waals surface area (Å²) < 4.78 is 0. The fourth-order valence-corrected chi connectivity index (χ4v) is 2.81. The SMILES string of the molecule is CC1=C(C)N=C(c2cccc(N3CCCC3)c2)C=CC1. The van der Waals surface area contributed by atoms with Crippen LogP contribution in [0.5, 0.6) is 0 Å². The number of anilines is 1. The fourth-order valence-electron chi connectivity index (χ4n) is 2.81. The minimum absolute atomic E-state index is 1.00. The van der Waals surface area contributed by atoms with Crippen LogP contribution in [0.3, 0.4) is 0 Å². The fraction of sp³-hybridized carbons (Fsp3) is 0.389. The summed E-state index contributed by atoms with van der Waals surface area (Å²) in [7, 11) is 0. The predicted octanol–water partition coefficient (Wildman–Crippen LogP) is 4.33. The van der Waals surface area contributed by atoms with Gasteiger partial charge < -0.3 is 4.90 Å². The standard InChI is InChI=1S/C18H22N2/c1-14-7-5-10-18(19-15(14)2)16-8-6-9-17(13-16)20-11-3-4-12-20/h5-6,8-10,13H,3-4,7,11-12H2,1-2H3. The Bertz CT molecular complexity index is 587. The topological polar surface area (TPSA) is 15.6 Å². The molecule has 104 valence electrons. The van der Waals surface area contributed by atoms with Gasteiger partial charge in [0.25, 0.3) is 0 Å². The Hall–Kier alpha value is -1.83. The zero-order chi connectivity index (χ0) is 13.9. The highest BCUT2D eigenvalue weighted by atomic mass is 15.1. The second-order valence-electron chi connectivity index (χ2n) is 5.71. The van der Waals surface area contributed by atoms with Gasteiger partial charge >= 0.3 is 0 Å². The first-order valence-corrected chi connectivity index (χ1v) is 7.51. The van der Waals surface area contributed by atoms with Crippen LogP contribution in [0.25, 0.3) is 0 Å². The molecule has 0 atom stereocenters. The summed E-state index contributed by atoms with van der Waals surface area (Å²) in [5, 5.41) is 0. The normalized spacial score (nSPS) is 19.3. The van der Waals surface area contributed by atoms with Crippen LogP contribution in [0.4, 0.5) is 5.69 Å². The van der Waals surface area contributed by atoms with Crippen molar-refractivity contribution < 1.29 is 0 Å². The van der Waals surface area contributed by atoms with Crippen molar-refractivity contribution in [3.8, 4) is 0 Å². The first kappa shape index (κ1) is 13.2. The Morgan fingerprint density at radius 2 is 1.90 bits per heavy atom. The lowest BCUT2D eigenvalue weighted by molar-refractivity contribution is 0.949. The smallest absolute Gasteiger partial charge is 0.0702 e. The predicted molar refractivity (Wildman–Crippen MR) is 86.6 cm³/mol. The van der Waals surface area contributed by atoms with Gasteiger partial charge in [-0.3, -0.25) is 4.99 Å². The van der Waals surface area contributed by atoms with E-state index < -0.39 is 0 Å². The van der Waals surface area contributed by atoms with Crippen LogP contribution in [0.2, 0.25) is 0 Å². The van der Waals surface area contributed by atoms with Crippen LogP contribution >= 0.6 is 0 Å². The van der Waals surface area contributed by atoms with Gasteiger partial charge in [0.15, 0.2) is 0 Å². The van der Waals surface area contributed by atoms with Gasteiger partial charge in [0.2, 0.25) is 0 Å². The maximum atomic E-state index is 4.79. The van der Waals surface area contributed by atoms with E-state index in [2.05, 4.69) is 55.2 Å². The molecular formula is C18H22N2. The molecule has 1 aromatic rings. The van der Waals surface area contributed by atoms with E-state index in [1.54, 1.807) is 0 Å². The van der Waals surface area contributed by atoms with E-state index >= 15 is 0 Å². The molecule has 1 aromatic carbocycles. The van der Waals surface area contributed by atoms with Crippen LogP contribution in [-0.2, 0) is 0 Å². The quantitative estimate of drug-likeness (QED) is 0.778. The first-order valence-electron chi connectivity index (χ1n) is 7.51. The van der Waals surface area contributed by atoms with Crippen LogP contribution in [0.1, 0.15) is 38.7 Å². The van der Waals surface area contributed by atoms with E-state index in [1.807, 2.05) is 0 Å². The van der Waals surface area contributed by atoms with Crippen LogP contribution < -0.4 is 4.90 Å². The molecule has 0 amide bonds. The molecular weight excluding hydrogens is 244 g/mol. The molecule has 2 heterocycles. The van der Waals surface area contributed by atoms with Crippen LogP contribution in [-0.4, -0.2) is 18.8 Å². The van der Waals surface area contributed by atoms with Crippen molar-refractivity contribution in [1.29, 1.82) is 0 Å². The van der Waals surface area contributed by atoms with E-state index in [4.69, 9.17) is 4.99 Å². The molecule has 2 aliphatic heterocycles. The number of hydrogen-bond donors (Lipinski definition) is 0. The van der Waals surface area contributed by atoms with E-state index in [-0.39, 0.29) is 0 Å². The molecule has 0 unspecified atom stereocenters. The summed E-state index contributed by atoms with van der Waals surface area (Å²) in [6, 6.07) is 8.80. The Balaban J connectivity index is 1.94. The molecule has 0 spiro atoms. The van der Waals surface area contributed by atoms with Gasteiger partial charge in [-0.2, -0.15) is 0 Å². The lowest BCUT2D eigenvalue weighted by Crippen LogP contribution is -2.17. The molecule has 0 aromatic heterocycles. The molecule has 0 saturated carbocycles. The molecule has 2 heteroatoms. The largest absolute Gasteiger partial charge is 0.372 e. The maximum Gasteiger partial charge on any atom is 0.0702 e. The summed E-state index contributed by atoms with van der Waals surface area (Å²) in [6.07, 6.45) is 8.00. The van der Waals surface area contributed by atoms with E-state index in [9.17, 15) is 0 Å². The monoisotopic (exact) mass is 266 g/mol. The Morgan fingerprint density at radius 3 is 2.70 bits per heavy atom. The lowest BCUT2D eigenvalue weighted by atomic mass is 10.1. The van der Waals surface area contributed by atoms with E-state index in [0.717, 1.165) is 17.8 Å². The highest BCUT2D eigenvalue weighted by molar-refractivity contribution is 6.09. The van der Waals surface area contributed by atoms with Crippen LogP contribution in [0.15, 0.2) is 52.7 Å². The molecule has 0 bridgehead atoms. The second kappa shape index (κ2) is 5.66. The van der Waals surface area contributed by atoms with Crippen molar-refractivity contribution in [3.63, 3.8) is 0 Å². The highest BCUT2D eigenvalue weighted by Crippen LogP contribution is 2.23. The number of hydrogen-bond acceptors (Lipinski definition) is 2. The van der Waals surface area contributed by atoms with E-state index in [1.165, 1.54) is 42.8 Å². The molecule has 3 rings (SSSR count). The molecule has 2 aliphatic rings. The van der Waals surface area contributed by atoms with Gasteiger partial charge in [-0.25, -0.2) is 0 Å². The zero-order valence-corrected chi connectivity index (χ0v) is 12.4. The number of allylic oxidation sites excluding steroid dienone is 4. The third-order valence-electron chi connectivity index (χ3n) is 4.22.